The molecule has 1 aromatic heterocycles. The lowest BCUT2D eigenvalue weighted by atomic mass is 10.1. The quantitative estimate of drug-likeness (QED) is 0.914. The largest absolute Gasteiger partial charge is 0.352 e. The zero-order chi connectivity index (χ0) is 14.5. The molecule has 4 nitrogen and oxygen atoms in total. The number of nitrogens with zero attached hydrogens (tertiary/aromatic N) is 3. The second-order valence-corrected chi connectivity index (χ2v) is 5.83. The first-order valence-electron chi connectivity index (χ1n) is 7.74. The van der Waals surface area contributed by atoms with Gasteiger partial charge in [-0.25, -0.2) is 4.98 Å². The normalized spacial score (nSPS) is 22.6. The highest BCUT2D eigenvalue weighted by Crippen LogP contribution is 2.21. The Kier molecular flexibility index (Phi) is 5.38. The van der Waals surface area contributed by atoms with Crippen molar-refractivity contribution in [3.63, 3.8) is 0 Å². The van der Waals surface area contributed by atoms with Crippen LogP contribution in [0, 0.1) is 0 Å². The average molecular weight is 276 g/mol. The van der Waals surface area contributed by atoms with Crippen molar-refractivity contribution in [2.75, 3.05) is 38.6 Å². The van der Waals surface area contributed by atoms with Crippen molar-refractivity contribution in [2.24, 2.45) is 0 Å². The van der Waals surface area contributed by atoms with Crippen LogP contribution in [0.5, 0.6) is 0 Å². The molecule has 1 aromatic rings. The van der Waals surface area contributed by atoms with Gasteiger partial charge in [-0.15, -0.1) is 0 Å². The first-order chi connectivity index (χ1) is 9.65. The summed E-state index contributed by atoms with van der Waals surface area (Å²) in [6.07, 6.45) is 4.39. The van der Waals surface area contributed by atoms with Crippen LogP contribution in [0.4, 0.5) is 5.82 Å². The summed E-state index contributed by atoms with van der Waals surface area (Å²) in [6, 6.07) is 5.30. The fraction of sp³-hybridized carbons (Fsp3) is 0.688. The number of hydrogen-bond donors (Lipinski definition) is 1. The van der Waals surface area contributed by atoms with E-state index in [0.29, 0.717) is 12.1 Å². The predicted octanol–water partition coefficient (Wildman–Crippen LogP) is 2.28. The standard InChI is InChI=1S/C16H28N4/c1-5-15-12-19(4)9-6-10-20(15)16-8-7-14(11-18-16)13(2)17-3/h7-8,11,13,15,17H,5-6,9-10,12H2,1-4H3. The molecule has 112 valence electrons. The molecule has 0 radical (unpaired) electrons. The molecule has 4 heteroatoms. The maximum absolute atomic E-state index is 4.70. The van der Waals surface area contributed by atoms with E-state index in [1.54, 1.807) is 0 Å². The van der Waals surface area contributed by atoms with Gasteiger partial charge >= 0.3 is 0 Å². The van der Waals surface area contributed by atoms with E-state index in [4.69, 9.17) is 4.98 Å². The van der Waals surface area contributed by atoms with Gasteiger partial charge in [0.2, 0.25) is 0 Å². The first-order valence-corrected chi connectivity index (χ1v) is 7.74. The second kappa shape index (κ2) is 7.04. The molecule has 0 aromatic carbocycles. The van der Waals surface area contributed by atoms with Crippen LogP contribution in [-0.2, 0) is 0 Å². The van der Waals surface area contributed by atoms with Crippen LogP contribution in [0.3, 0.4) is 0 Å². The van der Waals surface area contributed by atoms with E-state index in [9.17, 15) is 0 Å². The molecule has 2 unspecified atom stereocenters. The van der Waals surface area contributed by atoms with Crippen molar-refractivity contribution in [3.05, 3.63) is 23.9 Å². The van der Waals surface area contributed by atoms with Crippen LogP contribution < -0.4 is 10.2 Å². The van der Waals surface area contributed by atoms with Gasteiger partial charge in [0.15, 0.2) is 0 Å². The van der Waals surface area contributed by atoms with Crippen LogP contribution in [0.1, 0.15) is 38.3 Å². The maximum Gasteiger partial charge on any atom is 0.128 e. The van der Waals surface area contributed by atoms with Crippen LogP contribution in [0.25, 0.3) is 0 Å². The van der Waals surface area contributed by atoms with Gasteiger partial charge in [0.25, 0.3) is 0 Å². The molecule has 2 rings (SSSR count). The minimum absolute atomic E-state index is 0.355. The molecular formula is C16H28N4. The zero-order valence-corrected chi connectivity index (χ0v) is 13.3. The third-order valence-electron chi connectivity index (χ3n) is 4.37. The van der Waals surface area contributed by atoms with Crippen molar-refractivity contribution < 1.29 is 0 Å². The predicted molar refractivity (Wildman–Crippen MR) is 85.3 cm³/mol. The molecule has 1 saturated heterocycles. The fourth-order valence-corrected chi connectivity index (χ4v) is 2.88. The first kappa shape index (κ1) is 15.3. The molecule has 0 bridgehead atoms. The van der Waals surface area contributed by atoms with E-state index in [-0.39, 0.29) is 0 Å². The Morgan fingerprint density at radius 2 is 2.20 bits per heavy atom. The molecule has 0 amide bonds. The van der Waals surface area contributed by atoms with E-state index < -0.39 is 0 Å². The van der Waals surface area contributed by atoms with Crippen molar-refractivity contribution in [3.8, 4) is 0 Å². The Balaban J connectivity index is 2.16. The summed E-state index contributed by atoms with van der Waals surface area (Å²) >= 11 is 0. The molecule has 0 saturated carbocycles. The minimum Gasteiger partial charge on any atom is -0.352 e. The molecule has 0 aliphatic carbocycles. The van der Waals surface area contributed by atoms with Gasteiger partial charge in [-0.3, -0.25) is 0 Å². The molecular weight excluding hydrogens is 248 g/mol. The Labute approximate surface area is 123 Å². The van der Waals surface area contributed by atoms with Gasteiger partial charge in [-0.1, -0.05) is 13.0 Å². The summed E-state index contributed by atoms with van der Waals surface area (Å²) in [7, 11) is 4.20. The van der Waals surface area contributed by atoms with Gasteiger partial charge in [-0.05, 0) is 52.0 Å². The molecule has 0 spiro atoms. The lowest BCUT2D eigenvalue weighted by Crippen LogP contribution is -2.40. The topological polar surface area (TPSA) is 31.4 Å². The molecule has 1 N–H and O–H groups in total. The van der Waals surface area contributed by atoms with Crippen molar-refractivity contribution in [2.45, 2.75) is 38.8 Å². The van der Waals surface area contributed by atoms with E-state index in [1.165, 1.54) is 24.9 Å². The highest BCUT2D eigenvalue weighted by atomic mass is 15.3. The highest BCUT2D eigenvalue weighted by molar-refractivity contribution is 5.41. The number of rotatable bonds is 4. The smallest absolute Gasteiger partial charge is 0.128 e. The van der Waals surface area contributed by atoms with Gasteiger partial charge in [0.05, 0.1) is 0 Å². The van der Waals surface area contributed by atoms with E-state index in [0.717, 1.165) is 18.9 Å². The Hall–Kier alpha value is -1.13. The van der Waals surface area contributed by atoms with Crippen LogP contribution in [-0.4, -0.2) is 49.7 Å². The van der Waals surface area contributed by atoms with Gasteiger partial charge in [-0.2, -0.15) is 0 Å². The van der Waals surface area contributed by atoms with Gasteiger partial charge in [0.1, 0.15) is 5.82 Å². The summed E-state index contributed by atoms with van der Waals surface area (Å²) in [4.78, 5) is 9.62. The monoisotopic (exact) mass is 276 g/mol. The van der Waals surface area contributed by atoms with E-state index in [1.807, 2.05) is 13.2 Å². The number of pyridine rings is 1. The summed E-state index contributed by atoms with van der Waals surface area (Å²) in [5.74, 6) is 1.12. The Bertz CT molecular complexity index is 403. The second-order valence-electron chi connectivity index (χ2n) is 5.83. The third kappa shape index (κ3) is 3.49. The fourth-order valence-electron chi connectivity index (χ4n) is 2.88. The zero-order valence-electron chi connectivity index (χ0n) is 13.3. The van der Waals surface area contributed by atoms with Crippen molar-refractivity contribution in [1.29, 1.82) is 0 Å². The van der Waals surface area contributed by atoms with Gasteiger partial charge < -0.3 is 15.1 Å². The lowest BCUT2D eigenvalue weighted by molar-refractivity contribution is 0.327. The van der Waals surface area contributed by atoms with Crippen LogP contribution >= 0.6 is 0 Å². The Morgan fingerprint density at radius 1 is 1.40 bits per heavy atom. The van der Waals surface area contributed by atoms with Gasteiger partial charge in [0, 0.05) is 31.4 Å². The average Bonchev–Trinajstić information content (AvgIpc) is 2.67. The van der Waals surface area contributed by atoms with Crippen molar-refractivity contribution in [1.82, 2.24) is 15.2 Å². The summed E-state index contributed by atoms with van der Waals surface area (Å²) in [5.41, 5.74) is 1.25. The molecule has 1 fully saturated rings. The third-order valence-corrected chi connectivity index (χ3v) is 4.37. The molecule has 1 aliphatic heterocycles. The molecule has 20 heavy (non-hydrogen) atoms. The maximum atomic E-state index is 4.70. The molecule has 1 aliphatic rings. The van der Waals surface area contributed by atoms with E-state index in [2.05, 4.69) is 48.1 Å². The lowest BCUT2D eigenvalue weighted by Gasteiger charge is -2.31. The van der Waals surface area contributed by atoms with Crippen LogP contribution in [0.2, 0.25) is 0 Å². The highest BCUT2D eigenvalue weighted by Gasteiger charge is 2.23. The minimum atomic E-state index is 0.355. The Morgan fingerprint density at radius 3 is 2.80 bits per heavy atom. The number of likely N-dealkylation sites (N-methyl/N-ethyl adjacent to an activating group) is 1. The molecule has 2 heterocycles. The van der Waals surface area contributed by atoms with E-state index >= 15 is 0 Å². The van der Waals surface area contributed by atoms with Crippen LogP contribution in [0.15, 0.2) is 18.3 Å². The molecule has 2 atom stereocenters. The number of aromatic nitrogens is 1. The number of anilines is 1. The number of hydrogen-bond acceptors (Lipinski definition) is 4. The summed E-state index contributed by atoms with van der Waals surface area (Å²) in [5, 5.41) is 3.26. The summed E-state index contributed by atoms with van der Waals surface area (Å²) < 4.78 is 0. The van der Waals surface area contributed by atoms with Crippen molar-refractivity contribution >= 4 is 5.82 Å². The number of nitrogens with one attached hydrogen (secondary N) is 1. The SMILES string of the molecule is CCC1CN(C)CCCN1c1ccc(C(C)NC)cn1. The summed E-state index contributed by atoms with van der Waals surface area (Å²) in [6.45, 7) is 7.85.